The summed E-state index contributed by atoms with van der Waals surface area (Å²) in [6.45, 7) is 11.6. The van der Waals surface area contributed by atoms with Gasteiger partial charge in [-0.15, -0.1) is 0 Å². The van der Waals surface area contributed by atoms with Gasteiger partial charge in [-0.2, -0.15) is 0 Å². The van der Waals surface area contributed by atoms with Crippen LogP contribution in [0.15, 0.2) is 103 Å². The molecule has 0 aliphatic carbocycles. The van der Waals surface area contributed by atoms with Gasteiger partial charge in [-0.1, -0.05) is 113 Å². The highest BCUT2D eigenvalue weighted by atomic mass is 35.5. The summed E-state index contributed by atoms with van der Waals surface area (Å²) in [5.74, 6) is -0.0878. The highest BCUT2D eigenvalue weighted by Crippen LogP contribution is 2.45. The molecule has 0 radical (unpaired) electrons. The van der Waals surface area contributed by atoms with Crippen molar-refractivity contribution in [2.24, 2.45) is 5.92 Å². The van der Waals surface area contributed by atoms with Crippen molar-refractivity contribution in [2.75, 3.05) is 27.4 Å². The number of methoxy groups -OCH3 is 2. The third kappa shape index (κ3) is 8.76. The van der Waals surface area contributed by atoms with Crippen molar-refractivity contribution < 1.29 is 37.9 Å². The average Bonchev–Trinajstić information content (AvgIpc) is 3.85. The lowest BCUT2D eigenvalue weighted by molar-refractivity contribution is -0.204. The molecule has 5 unspecified atom stereocenters. The largest absolute Gasteiger partial charge is 0.497 e. The number of benzene rings is 4. The fourth-order valence-electron chi connectivity index (χ4n) is 8.05. The second-order valence-electron chi connectivity index (χ2n) is 14.5. The zero-order valence-corrected chi connectivity index (χ0v) is 34.1. The molecule has 4 aromatic rings. The predicted octanol–water partition coefficient (Wildman–Crippen LogP) is 10.1. The van der Waals surface area contributed by atoms with Crippen LogP contribution in [0, 0.1) is 5.92 Å². The fourth-order valence-corrected chi connectivity index (χ4v) is 8.18. The Bertz CT molecular complexity index is 1710. The number of hydrogen-bond acceptors (Lipinski definition) is 8. The Morgan fingerprint density at radius 3 is 1.75 bits per heavy atom. The summed E-state index contributed by atoms with van der Waals surface area (Å²) in [5.41, 5.74) is 2.87. The minimum absolute atomic E-state index is 0.174. The van der Waals surface area contributed by atoms with Gasteiger partial charge >= 0.3 is 0 Å². The van der Waals surface area contributed by atoms with Gasteiger partial charge in [0.25, 0.3) is 0 Å². The quantitative estimate of drug-likeness (QED) is 0.0926. The van der Waals surface area contributed by atoms with Crippen molar-refractivity contribution in [1.82, 2.24) is 0 Å². The number of ether oxygens (including phenoxy) is 8. The van der Waals surface area contributed by atoms with E-state index in [1.54, 1.807) is 14.2 Å². The van der Waals surface area contributed by atoms with Gasteiger partial charge in [0.05, 0.1) is 46.2 Å². The summed E-state index contributed by atoms with van der Waals surface area (Å²) in [6, 6.07) is 34.2. The molecule has 0 spiro atoms. The van der Waals surface area contributed by atoms with Gasteiger partial charge in [0, 0.05) is 10.9 Å². The van der Waals surface area contributed by atoms with Crippen LogP contribution in [0.2, 0.25) is 5.02 Å². The Balaban J connectivity index is 1.39. The predicted molar refractivity (Wildman–Crippen MR) is 215 cm³/mol. The Kier molecular flexibility index (Phi) is 13.6. The van der Waals surface area contributed by atoms with E-state index in [9.17, 15) is 0 Å². The Morgan fingerprint density at radius 2 is 1.24 bits per heavy atom. The fraction of sp³-hybridized carbons (Fsp3) is 0.478. The van der Waals surface area contributed by atoms with Crippen LogP contribution in [-0.4, -0.2) is 63.4 Å². The lowest BCUT2D eigenvalue weighted by atomic mass is 9.80. The molecule has 55 heavy (non-hydrogen) atoms. The van der Waals surface area contributed by atoms with Crippen LogP contribution in [0.25, 0.3) is 0 Å². The zero-order valence-electron chi connectivity index (χ0n) is 33.3. The minimum Gasteiger partial charge on any atom is -0.497 e. The SMILES string of the molecule is CCC1(CC)OCC(C(OCc2ccc(Cl)cc2)C(C)C2OC(CC)(CC)OC2COC(c2ccccc2)(c2ccc(OC)cc2)c2ccc(OC)cc2)O1. The van der Waals surface area contributed by atoms with Crippen molar-refractivity contribution >= 4 is 11.6 Å². The summed E-state index contributed by atoms with van der Waals surface area (Å²) in [6.07, 6.45) is 1.31. The molecule has 2 aliphatic rings. The second kappa shape index (κ2) is 18.2. The van der Waals surface area contributed by atoms with Crippen molar-refractivity contribution in [2.45, 2.75) is 108 Å². The molecule has 5 atom stereocenters. The first-order valence-electron chi connectivity index (χ1n) is 19.7. The highest BCUT2D eigenvalue weighted by molar-refractivity contribution is 6.30. The maximum Gasteiger partial charge on any atom is 0.168 e. The maximum atomic E-state index is 7.40. The molecule has 2 saturated heterocycles. The Morgan fingerprint density at radius 1 is 0.691 bits per heavy atom. The van der Waals surface area contributed by atoms with Gasteiger partial charge in [-0.3, -0.25) is 0 Å². The first kappa shape index (κ1) is 41.2. The summed E-state index contributed by atoms with van der Waals surface area (Å²) in [7, 11) is 3.34. The third-order valence-corrected chi connectivity index (χ3v) is 11.8. The summed E-state index contributed by atoms with van der Waals surface area (Å²) in [4.78, 5) is 0. The molecule has 2 aliphatic heterocycles. The van der Waals surface area contributed by atoms with E-state index in [0.29, 0.717) is 31.1 Å². The molecular weight excluding hydrogens is 716 g/mol. The molecule has 0 saturated carbocycles. The normalized spacial score (nSPS) is 21.6. The van der Waals surface area contributed by atoms with Gasteiger partial charge in [-0.25, -0.2) is 0 Å². The maximum absolute atomic E-state index is 7.40. The van der Waals surface area contributed by atoms with Gasteiger partial charge in [0.15, 0.2) is 11.6 Å². The summed E-state index contributed by atoms with van der Waals surface area (Å²) < 4.78 is 52.5. The van der Waals surface area contributed by atoms with Crippen molar-refractivity contribution in [3.63, 3.8) is 0 Å². The molecule has 2 fully saturated rings. The summed E-state index contributed by atoms with van der Waals surface area (Å²) >= 11 is 6.22. The molecule has 8 nitrogen and oxygen atoms in total. The molecule has 9 heteroatoms. The standard InChI is InChI=1S/C46H57ClO8/c1-8-44(9-2)51-30-40(53-44)42(50-29-33-17-23-37(47)24-18-33)32(5)43-41(54-45(10-3,11-4)55-43)31-52-46(34-15-13-12-14-16-34,35-19-25-38(48-6)26-20-35)36-21-27-39(49-7)28-22-36/h12-28,32,40-43H,8-11,29-31H2,1-7H3. The van der Waals surface area contributed by atoms with Crippen LogP contribution in [-0.2, 0) is 40.6 Å². The van der Waals surface area contributed by atoms with E-state index in [1.807, 2.05) is 66.7 Å². The van der Waals surface area contributed by atoms with E-state index in [0.717, 1.165) is 46.6 Å². The smallest absolute Gasteiger partial charge is 0.168 e. The van der Waals surface area contributed by atoms with E-state index in [4.69, 9.17) is 49.5 Å². The molecule has 0 amide bonds. The molecule has 2 heterocycles. The lowest BCUT2D eigenvalue weighted by Crippen LogP contribution is -2.47. The molecule has 0 aromatic heterocycles. The molecule has 6 rings (SSSR count). The molecule has 0 N–H and O–H groups in total. The van der Waals surface area contributed by atoms with E-state index in [1.165, 1.54) is 0 Å². The minimum atomic E-state index is -1.02. The zero-order chi connectivity index (χ0) is 39.1. The summed E-state index contributed by atoms with van der Waals surface area (Å²) in [5, 5.41) is 0.683. The van der Waals surface area contributed by atoms with Crippen LogP contribution in [0.3, 0.4) is 0 Å². The number of rotatable bonds is 18. The second-order valence-corrected chi connectivity index (χ2v) is 15.0. The highest BCUT2D eigenvalue weighted by Gasteiger charge is 2.53. The van der Waals surface area contributed by atoms with Gasteiger partial charge in [0.1, 0.15) is 29.3 Å². The van der Waals surface area contributed by atoms with Gasteiger partial charge in [0.2, 0.25) is 0 Å². The Labute approximate surface area is 332 Å². The number of hydrogen-bond donors (Lipinski definition) is 0. The van der Waals surface area contributed by atoms with Crippen LogP contribution < -0.4 is 9.47 Å². The van der Waals surface area contributed by atoms with E-state index in [-0.39, 0.29) is 24.7 Å². The molecular formula is C46H57ClO8. The third-order valence-electron chi connectivity index (χ3n) is 11.5. The van der Waals surface area contributed by atoms with E-state index >= 15 is 0 Å². The Hall–Kier alpha value is -3.47. The van der Waals surface area contributed by atoms with Crippen molar-refractivity contribution in [3.05, 3.63) is 130 Å². The number of halogens is 1. The van der Waals surface area contributed by atoms with Crippen LogP contribution in [0.5, 0.6) is 11.5 Å². The average molecular weight is 773 g/mol. The van der Waals surface area contributed by atoms with Crippen LogP contribution in [0.4, 0.5) is 0 Å². The van der Waals surface area contributed by atoms with E-state index in [2.05, 4.69) is 71.0 Å². The molecule has 4 aromatic carbocycles. The topological polar surface area (TPSA) is 73.8 Å². The lowest BCUT2D eigenvalue weighted by Gasteiger charge is -2.38. The van der Waals surface area contributed by atoms with Gasteiger partial charge < -0.3 is 37.9 Å². The van der Waals surface area contributed by atoms with Crippen LogP contribution in [0.1, 0.15) is 82.6 Å². The van der Waals surface area contributed by atoms with Crippen LogP contribution >= 0.6 is 11.6 Å². The van der Waals surface area contributed by atoms with E-state index < -0.39 is 29.4 Å². The van der Waals surface area contributed by atoms with Crippen molar-refractivity contribution in [1.29, 1.82) is 0 Å². The molecule has 296 valence electrons. The first-order chi connectivity index (χ1) is 26.7. The van der Waals surface area contributed by atoms with Gasteiger partial charge in [-0.05, 0) is 84.3 Å². The van der Waals surface area contributed by atoms with Crippen molar-refractivity contribution in [3.8, 4) is 11.5 Å². The first-order valence-corrected chi connectivity index (χ1v) is 20.1. The monoisotopic (exact) mass is 772 g/mol. The molecule has 0 bridgehead atoms.